The molecule has 0 saturated heterocycles. The fraction of sp³-hybridized carbons (Fsp3) is 0.286. The zero-order valence-corrected chi connectivity index (χ0v) is 12.1. The number of aliphatic hydroxyl groups excluding tert-OH is 2. The molecule has 7 heteroatoms. The van der Waals surface area contributed by atoms with Crippen molar-refractivity contribution in [3.63, 3.8) is 0 Å². The molecule has 0 spiro atoms. The van der Waals surface area contributed by atoms with E-state index < -0.39 is 0 Å². The smallest absolute Gasteiger partial charge is 0.257 e. The van der Waals surface area contributed by atoms with Crippen LogP contribution in [-0.4, -0.2) is 57.1 Å². The highest BCUT2D eigenvalue weighted by atomic mass is 35.5. The normalized spacial score (nSPS) is 10.6. The molecule has 0 atom stereocenters. The van der Waals surface area contributed by atoms with Crippen molar-refractivity contribution in [3.8, 4) is 5.69 Å². The average Bonchev–Trinajstić information content (AvgIpc) is 2.96. The van der Waals surface area contributed by atoms with Crippen LogP contribution in [0.2, 0.25) is 5.02 Å². The van der Waals surface area contributed by atoms with Gasteiger partial charge in [0.1, 0.15) is 0 Å². The summed E-state index contributed by atoms with van der Waals surface area (Å²) >= 11 is 5.93. The van der Waals surface area contributed by atoms with Gasteiger partial charge in [0.2, 0.25) is 0 Å². The van der Waals surface area contributed by atoms with Crippen LogP contribution in [0.3, 0.4) is 0 Å². The predicted molar refractivity (Wildman–Crippen MR) is 78.6 cm³/mol. The van der Waals surface area contributed by atoms with E-state index in [4.69, 9.17) is 21.8 Å². The average molecular weight is 310 g/mol. The summed E-state index contributed by atoms with van der Waals surface area (Å²) in [7, 11) is 0. The third kappa shape index (κ3) is 3.81. The van der Waals surface area contributed by atoms with Crippen molar-refractivity contribution in [2.75, 3.05) is 26.3 Å². The molecule has 1 amide bonds. The SMILES string of the molecule is O=C(c1cnn(-c2cccc(Cl)c2)c1)N(CCO)CCO. The van der Waals surface area contributed by atoms with Crippen molar-refractivity contribution in [2.24, 2.45) is 0 Å². The number of hydrogen-bond donors (Lipinski definition) is 2. The summed E-state index contributed by atoms with van der Waals surface area (Å²) in [5, 5.41) is 22.6. The van der Waals surface area contributed by atoms with Gasteiger partial charge in [-0.05, 0) is 18.2 Å². The van der Waals surface area contributed by atoms with E-state index in [1.54, 1.807) is 29.1 Å². The molecule has 0 radical (unpaired) electrons. The largest absolute Gasteiger partial charge is 0.395 e. The van der Waals surface area contributed by atoms with Gasteiger partial charge in [0, 0.05) is 24.3 Å². The van der Waals surface area contributed by atoms with E-state index in [1.165, 1.54) is 11.1 Å². The van der Waals surface area contributed by atoms with Gasteiger partial charge in [-0.2, -0.15) is 5.10 Å². The molecule has 1 aromatic carbocycles. The Balaban J connectivity index is 2.20. The van der Waals surface area contributed by atoms with Gasteiger partial charge in [-0.1, -0.05) is 17.7 Å². The second-order valence-electron chi connectivity index (χ2n) is 4.39. The number of halogens is 1. The number of aliphatic hydroxyl groups is 2. The Hall–Kier alpha value is -1.89. The van der Waals surface area contributed by atoms with Crippen LogP contribution in [0.15, 0.2) is 36.7 Å². The van der Waals surface area contributed by atoms with Gasteiger partial charge in [0.05, 0.1) is 30.7 Å². The fourth-order valence-corrected chi connectivity index (χ4v) is 2.12. The lowest BCUT2D eigenvalue weighted by molar-refractivity contribution is 0.0685. The molecule has 0 aliphatic rings. The first-order valence-electron chi connectivity index (χ1n) is 6.47. The Morgan fingerprint density at radius 1 is 1.29 bits per heavy atom. The van der Waals surface area contributed by atoms with E-state index in [1.807, 2.05) is 6.07 Å². The van der Waals surface area contributed by atoms with E-state index in [-0.39, 0.29) is 32.2 Å². The van der Waals surface area contributed by atoms with E-state index in [2.05, 4.69) is 5.10 Å². The van der Waals surface area contributed by atoms with Crippen LogP contribution in [0.5, 0.6) is 0 Å². The standard InChI is InChI=1S/C14H16ClN3O3/c15-12-2-1-3-13(8-12)18-10-11(9-16-18)14(21)17(4-6-19)5-7-20/h1-3,8-10,19-20H,4-7H2. The van der Waals surface area contributed by atoms with Crippen LogP contribution in [0.4, 0.5) is 0 Å². The van der Waals surface area contributed by atoms with Crippen molar-refractivity contribution in [1.29, 1.82) is 0 Å². The highest BCUT2D eigenvalue weighted by Gasteiger charge is 2.17. The van der Waals surface area contributed by atoms with E-state index in [9.17, 15) is 4.79 Å². The summed E-state index contributed by atoms with van der Waals surface area (Å²) < 4.78 is 1.55. The predicted octanol–water partition coefficient (Wildman–Crippen LogP) is 0.952. The van der Waals surface area contributed by atoms with E-state index in [0.717, 1.165) is 5.69 Å². The molecule has 112 valence electrons. The van der Waals surface area contributed by atoms with Gasteiger partial charge < -0.3 is 15.1 Å². The highest BCUT2D eigenvalue weighted by molar-refractivity contribution is 6.30. The number of hydrogen-bond acceptors (Lipinski definition) is 4. The minimum Gasteiger partial charge on any atom is -0.395 e. The zero-order chi connectivity index (χ0) is 15.2. The molecule has 21 heavy (non-hydrogen) atoms. The molecule has 2 aromatic rings. The molecular formula is C14H16ClN3O3. The maximum Gasteiger partial charge on any atom is 0.257 e. The van der Waals surface area contributed by atoms with Gasteiger partial charge >= 0.3 is 0 Å². The van der Waals surface area contributed by atoms with Gasteiger partial charge in [0.15, 0.2) is 0 Å². The molecule has 0 aliphatic heterocycles. The number of rotatable bonds is 6. The molecule has 0 aliphatic carbocycles. The zero-order valence-electron chi connectivity index (χ0n) is 11.3. The molecule has 2 N–H and O–H groups in total. The van der Waals surface area contributed by atoms with E-state index >= 15 is 0 Å². The maximum atomic E-state index is 12.3. The number of aromatic nitrogens is 2. The molecule has 0 unspecified atom stereocenters. The summed E-state index contributed by atoms with van der Waals surface area (Å²) in [4.78, 5) is 13.6. The topological polar surface area (TPSA) is 78.6 Å². The van der Waals surface area contributed by atoms with E-state index in [0.29, 0.717) is 10.6 Å². The molecule has 0 fully saturated rings. The van der Waals surface area contributed by atoms with Crippen LogP contribution in [-0.2, 0) is 0 Å². The number of benzene rings is 1. The second kappa shape index (κ2) is 7.21. The van der Waals surface area contributed by atoms with Crippen molar-refractivity contribution in [3.05, 3.63) is 47.2 Å². The first-order valence-corrected chi connectivity index (χ1v) is 6.85. The van der Waals surface area contributed by atoms with Crippen LogP contribution in [0.25, 0.3) is 5.69 Å². The first kappa shape index (κ1) is 15.5. The highest BCUT2D eigenvalue weighted by Crippen LogP contribution is 2.15. The summed E-state index contributed by atoms with van der Waals surface area (Å²) in [5.41, 5.74) is 1.13. The second-order valence-corrected chi connectivity index (χ2v) is 4.83. The Bertz CT molecular complexity index is 609. The fourth-order valence-electron chi connectivity index (χ4n) is 1.93. The maximum absolute atomic E-state index is 12.3. The Morgan fingerprint density at radius 3 is 2.62 bits per heavy atom. The molecule has 1 aromatic heterocycles. The number of nitrogens with zero attached hydrogens (tertiary/aromatic N) is 3. The van der Waals surface area contributed by atoms with Crippen molar-refractivity contribution >= 4 is 17.5 Å². The summed E-state index contributed by atoms with van der Waals surface area (Å²) in [6.07, 6.45) is 3.04. The summed E-state index contributed by atoms with van der Waals surface area (Å²) in [6, 6.07) is 7.11. The third-order valence-electron chi connectivity index (χ3n) is 2.93. The number of amides is 1. The van der Waals surface area contributed by atoms with Gasteiger partial charge in [-0.15, -0.1) is 0 Å². The molecule has 0 bridgehead atoms. The molecule has 0 saturated carbocycles. The third-order valence-corrected chi connectivity index (χ3v) is 3.16. The molecule has 2 rings (SSSR count). The van der Waals surface area contributed by atoms with Crippen molar-refractivity contribution in [1.82, 2.24) is 14.7 Å². The van der Waals surface area contributed by atoms with Crippen LogP contribution < -0.4 is 0 Å². The number of carbonyl (C=O) groups excluding carboxylic acids is 1. The van der Waals surface area contributed by atoms with Crippen LogP contribution in [0.1, 0.15) is 10.4 Å². The molecule has 6 nitrogen and oxygen atoms in total. The summed E-state index contributed by atoms with van der Waals surface area (Å²) in [6.45, 7) is 0.0197. The minimum atomic E-state index is -0.286. The van der Waals surface area contributed by atoms with Crippen molar-refractivity contribution < 1.29 is 15.0 Å². The number of carbonyl (C=O) groups is 1. The minimum absolute atomic E-state index is 0.159. The van der Waals surface area contributed by atoms with Crippen LogP contribution >= 0.6 is 11.6 Å². The quantitative estimate of drug-likeness (QED) is 0.833. The Labute approximate surface area is 127 Å². The van der Waals surface area contributed by atoms with Crippen LogP contribution in [0, 0.1) is 0 Å². The lowest BCUT2D eigenvalue weighted by Crippen LogP contribution is -2.35. The van der Waals surface area contributed by atoms with Gasteiger partial charge in [0.25, 0.3) is 5.91 Å². The lowest BCUT2D eigenvalue weighted by Gasteiger charge is -2.19. The Kier molecular flexibility index (Phi) is 5.32. The van der Waals surface area contributed by atoms with Gasteiger partial charge in [-0.25, -0.2) is 4.68 Å². The lowest BCUT2D eigenvalue weighted by atomic mass is 10.3. The Morgan fingerprint density at radius 2 is 2.00 bits per heavy atom. The first-order chi connectivity index (χ1) is 10.2. The molecular weight excluding hydrogens is 294 g/mol. The van der Waals surface area contributed by atoms with Crippen molar-refractivity contribution in [2.45, 2.75) is 0 Å². The monoisotopic (exact) mass is 309 g/mol. The molecule has 1 heterocycles. The summed E-state index contributed by atoms with van der Waals surface area (Å²) in [5.74, 6) is -0.286. The van der Waals surface area contributed by atoms with Gasteiger partial charge in [-0.3, -0.25) is 4.79 Å².